The van der Waals surface area contributed by atoms with Crippen molar-refractivity contribution in [1.29, 1.82) is 0 Å². The van der Waals surface area contributed by atoms with Crippen molar-refractivity contribution >= 4 is 0 Å². The molecule has 74 valence electrons. The highest BCUT2D eigenvalue weighted by Crippen LogP contribution is 2.00. The van der Waals surface area contributed by atoms with Crippen molar-refractivity contribution < 1.29 is 0 Å². The van der Waals surface area contributed by atoms with Gasteiger partial charge in [-0.15, -0.1) is 0 Å². The molecular formula is C13H22. The minimum atomic E-state index is 0.771. The van der Waals surface area contributed by atoms with Crippen LogP contribution in [0.4, 0.5) is 0 Å². The molecule has 0 unspecified atom stereocenters. The summed E-state index contributed by atoms with van der Waals surface area (Å²) < 4.78 is 0. The fraction of sp³-hybridized carbons (Fsp3) is 0.538. The van der Waals surface area contributed by atoms with Gasteiger partial charge in [0.05, 0.1) is 0 Å². The Bertz CT molecular complexity index is 170. The van der Waals surface area contributed by atoms with Gasteiger partial charge in [-0.1, -0.05) is 50.3 Å². The zero-order valence-corrected chi connectivity index (χ0v) is 9.16. The molecule has 0 aromatic rings. The highest BCUT2D eigenvalue weighted by molar-refractivity contribution is 5.03. The lowest BCUT2D eigenvalue weighted by Gasteiger charge is -1.94. The lowest BCUT2D eigenvalue weighted by atomic mass is 10.1. The lowest BCUT2D eigenvalue weighted by molar-refractivity contribution is 0.664. The summed E-state index contributed by atoms with van der Waals surface area (Å²) in [4.78, 5) is 0. The zero-order valence-electron chi connectivity index (χ0n) is 9.16. The second kappa shape index (κ2) is 9.31. The average molecular weight is 178 g/mol. The maximum absolute atomic E-state index is 2.24. The van der Waals surface area contributed by atoms with E-state index in [1.165, 1.54) is 6.42 Å². The Morgan fingerprint density at radius 2 is 1.54 bits per heavy atom. The predicted molar refractivity (Wildman–Crippen MR) is 61.8 cm³/mol. The van der Waals surface area contributed by atoms with Gasteiger partial charge in [0, 0.05) is 0 Å². The number of unbranched alkanes of at least 4 members (excludes halogenated alkanes) is 1. The standard InChI is InChI=1S/C13H22/c1-4-5-6-7-8-9-10-11-12-13(2)3/h4-5,8-11,13H,6-7,12H2,1-3H3. The van der Waals surface area contributed by atoms with Crippen LogP contribution in [0.25, 0.3) is 0 Å². The summed E-state index contributed by atoms with van der Waals surface area (Å²) in [5.74, 6) is 0.771. The monoisotopic (exact) mass is 178 g/mol. The molecule has 0 aliphatic heterocycles. The van der Waals surface area contributed by atoms with E-state index in [2.05, 4.69) is 57.2 Å². The molecule has 0 saturated heterocycles. The first kappa shape index (κ1) is 12.2. The van der Waals surface area contributed by atoms with Crippen molar-refractivity contribution in [2.75, 3.05) is 0 Å². The Morgan fingerprint density at radius 1 is 0.923 bits per heavy atom. The largest absolute Gasteiger partial charge is 0.0917 e. The van der Waals surface area contributed by atoms with Gasteiger partial charge in [0.15, 0.2) is 0 Å². The summed E-state index contributed by atoms with van der Waals surface area (Å²) in [6.45, 7) is 6.53. The van der Waals surface area contributed by atoms with Gasteiger partial charge in [0.2, 0.25) is 0 Å². The summed E-state index contributed by atoms with van der Waals surface area (Å²) in [5, 5.41) is 0. The van der Waals surface area contributed by atoms with Crippen LogP contribution >= 0.6 is 0 Å². The molecule has 0 atom stereocenters. The molecular weight excluding hydrogens is 156 g/mol. The van der Waals surface area contributed by atoms with Gasteiger partial charge in [-0.25, -0.2) is 0 Å². The van der Waals surface area contributed by atoms with Crippen LogP contribution in [0.1, 0.15) is 40.0 Å². The Kier molecular flexibility index (Phi) is 8.75. The zero-order chi connectivity index (χ0) is 9.94. The van der Waals surface area contributed by atoms with Gasteiger partial charge in [-0.2, -0.15) is 0 Å². The van der Waals surface area contributed by atoms with Crippen LogP contribution in [0.3, 0.4) is 0 Å². The van der Waals surface area contributed by atoms with Crippen LogP contribution in [0.2, 0.25) is 0 Å². The summed E-state index contributed by atoms with van der Waals surface area (Å²) >= 11 is 0. The third-order valence-corrected chi connectivity index (χ3v) is 1.73. The average Bonchev–Trinajstić information content (AvgIpc) is 2.09. The number of hydrogen-bond donors (Lipinski definition) is 0. The highest BCUT2D eigenvalue weighted by Gasteiger charge is 1.84. The molecule has 0 rings (SSSR count). The third kappa shape index (κ3) is 11.2. The van der Waals surface area contributed by atoms with E-state index < -0.39 is 0 Å². The second-order valence-electron chi connectivity index (χ2n) is 3.63. The van der Waals surface area contributed by atoms with Gasteiger partial charge in [-0.05, 0) is 32.1 Å². The molecule has 0 aromatic carbocycles. The van der Waals surface area contributed by atoms with E-state index in [-0.39, 0.29) is 0 Å². The molecule has 0 saturated carbocycles. The molecule has 0 spiro atoms. The summed E-state index contributed by atoms with van der Waals surface area (Å²) in [6.07, 6.45) is 16.5. The van der Waals surface area contributed by atoms with E-state index in [0.29, 0.717) is 0 Å². The normalized spacial score (nSPS) is 12.9. The molecule has 0 aliphatic carbocycles. The molecule has 0 aliphatic rings. The van der Waals surface area contributed by atoms with E-state index in [4.69, 9.17) is 0 Å². The van der Waals surface area contributed by atoms with E-state index >= 15 is 0 Å². The summed E-state index contributed by atoms with van der Waals surface area (Å²) in [5.41, 5.74) is 0. The number of allylic oxidation sites excluding steroid dienone is 6. The Labute approximate surface area is 83.0 Å². The Balaban J connectivity index is 3.35. The van der Waals surface area contributed by atoms with Crippen molar-refractivity contribution in [3.63, 3.8) is 0 Å². The molecule has 0 nitrogen and oxygen atoms in total. The van der Waals surface area contributed by atoms with Crippen molar-refractivity contribution in [3.05, 3.63) is 36.5 Å². The van der Waals surface area contributed by atoms with Crippen molar-refractivity contribution in [2.45, 2.75) is 40.0 Å². The second-order valence-corrected chi connectivity index (χ2v) is 3.63. The van der Waals surface area contributed by atoms with Crippen LogP contribution in [0.15, 0.2) is 36.5 Å². The van der Waals surface area contributed by atoms with Crippen LogP contribution in [0, 0.1) is 5.92 Å². The highest BCUT2D eigenvalue weighted by atomic mass is 13.9. The molecule has 0 bridgehead atoms. The topological polar surface area (TPSA) is 0 Å². The molecule has 0 fully saturated rings. The Morgan fingerprint density at radius 3 is 2.15 bits per heavy atom. The fourth-order valence-corrected chi connectivity index (χ4v) is 0.963. The molecule has 0 heterocycles. The van der Waals surface area contributed by atoms with Crippen molar-refractivity contribution in [2.24, 2.45) is 5.92 Å². The first-order chi connectivity index (χ1) is 6.27. The maximum atomic E-state index is 2.24. The van der Waals surface area contributed by atoms with Gasteiger partial charge < -0.3 is 0 Å². The minimum absolute atomic E-state index is 0.771. The third-order valence-electron chi connectivity index (χ3n) is 1.73. The van der Waals surface area contributed by atoms with Crippen LogP contribution in [0.5, 0.6) is 0 Å². The quantitative estimate of drug-likeness (QED) is 0.319. The van der Waals surface area contributed by atoms with Crippen molar-refractivity contribution in [3.8, 4) is 0 Å². The molecule has 13 heavy (non-hydrogen) atoms. The van der Waals surface area contributed by atoms with Crippen LogP contribution in [-0.4, -0.2) is 0 Å². The van der Waals surface area contributed by atoms with Gasteiger partial charge in [0.1, 0.15) is 0 Å². The summed E-state index contributed by atoms with van der Waals surface area (Å²) in [7, 11) is 0. The molecule has 0 amide bonds. The van der Waals surface area contributed by atoms with E-state index in [1.54, 1.807) is 0 Å². The van der Waals surface area contributed by atoms with E-state index in [1.807, 2.05) is 0 Å². The van der Waals surface area contributed by atoms with E-state index in [9.17, 15) is 0 Å². The maximum Gasteiger partial charge on any atom is -0.0313 e. The first-order valence-electron chi connectivity index (χ1n) is 5.20. The SMILES string of the molecule is CC=CCCC=CC=CCC(C)C. The molecule has 0 aromatic heterocycles. The number of rotatable bonds is 6. The van der Waals surface area contributed by atoms with Gasteiger partial charge in [0.25, 0.3) is 0 Å². The smallest absolute Gasteiger partial charge is 0.0313 e. The van der Waals surface area contributed by atoms with Crippen LogP contribution < -0.4 is 0 Å². The van der Waals surface area contributed by atoms with Gasteiger partial charge in [-0.3, -0.25) is 0 Å². The number of hydrogen-bond acceptors (Lipinski definition) is 0. The summed E-state index contributed by atoms with van der Waals surface area (Å²) in [6, 6.07) is 0. The molecule has 0 N–H and O–H groups in total. The predicted octanol–water partition coefficient (Wildman–Crippen LogP) is 4.50. The fourth-order valence-electron chi connectivity index (χ4n) is 0.963. The van der Waals surface area contributed by atoms with Crippen LogP contribution in [-0.2, 0) is 0 Å². The van der Waals surface area contributed by atoms with Crippen molar-refractivity contribution in [1.82, 2.24) is 0 Å². The van der Waals surface area contributed by atoms with E-state index in [0.717, 1.165) is 18.8 Å². The Hall–Kier alpha value is -0.780. The molecule has 0 heteroatoms. The van der Waals surface area contributed by atoms with Gasteiger partial charge >= 0.3 is 0 Å². The lowest BCUT2D eigenvalue weighted by Crippen LogP contribution is -1.80. The first-order valence-corrected chi connectivity index (χ1v) is 5.20. The molecule has 0 radical (unpaired) electrons. The minimum Gasteiger partial charge on any atom is -0.0917 e.